The van der Waals surface area contributed by atoms with E-state index in [2.05, 4.69) is 19.1 Å². The van der Waals surface area contributed by atoms with Crippen molar-refractivity contribution in [1.29, 1.82) is 0 Å². The quantitative estimate of drug-likeness (QED) is 0.533. The zero-order valence-electron chi connectivity index (χ0n) is 11.3. The van der Waals surface area contributed by atoms with Gasteiger partial charge in [-0.2, -0.15) is 0 Å². The summed E-state index contributed by atoms with van der Waals surface area (Å²) in [4.78, 5) is 0. The molecule has 1 saturated heterocycles. The number of allylic oxidation sites excluding steroid dienone is 2. The molecule has 3 saturated carbocycles. The minimum absolute atomic E-state index is 0.540. The molecule has 4 fully saturated rings. The Morgan fingerprint density at radius 3 is 2.56 bits per heavy atom. The second kappa shape index (κ2) is 3.23. The second-order valence-corrected chi connectivity index (χ2v) is 8.27. The van der Waals surface area contributed by atoms with Gasteiger partial charge in [-0.3, -0.25) is 0 Å². The summed E-state index contributed by atoms with van der Waals surface area (Å²) in [6.45, 7) is 4.50. The smallest absolute Gasteiger partial charge is 0.0542 e. The first-order valence-corrected chi connectivity index (χ1v) is 8.00. The molecule has 1 nitrogen and oxygen atoms in total. The molecule has 4 bridgehead atoms. The van der Waals surface area contributed by atoms with E-state index in [1.807, 2.05) is 0 Å². The first-order valence-electron chi connectivity index (χ1n) is 8.00. The molecule has 7 atom stereocenters. The highest BCUT2D eigenvalue weighted by molar-refractivity contribution is 5.20. The maximum absolute atomic E-state index is 5.45. The summed E-state index contributed by atoms with van der Waals surface area (Å²) in [5.41, 5.74) is 0.540. The van der Waals surface area contributed by atoms with Crippen LogP contribution >= 0.6 is 0 Å². The van der Waals surface area contributed by atoms with Crippen LogP contribution in [0.3, 0.4) is 0 Å². The number of fused-ring (bicyclic) bond motifs is 9. The van der Waals surface area contributed by atoms with Crippen LogP contribution in [0, 0.1) is 46.8 Å². The fourth-order valence-electron chi connectivity index (χ4n) is 6.59. The van der Waals surface area contributed by atoms with Crippen LogP contribution in [0.15, 0.2) is 12.2 Å². The number of rotatable bonds is 2. The molecule has 4 aliphatic carbocycles. The van der Waals surface area contributed by atoms with Crippen molar-refractivity contribution in [2.24, 2.45) is 46.8 Å². The highest BCUT2D eigenvalue weighted by Gasteiger charge is 2.61. The van der Waals surface area contributed by atoms with Crippen LogP contribution < -0.4 is 0 Å². The van der Waals surface area contributed by atoms with Gasteiger partial charge in [0.2, 0.25) is 0 Å². The van der Waals surface area contributed by atoms with Crippen LogP contribution in [-0.2, 0) is 4.74 Å². The molecule has 0 N–H and O–H groups in total. The van der Waals surface area contributed by atoms with Gasteiger partial charge in [-0.15, -0.1) is 0 Å². The van der Waals surface area contributed by atoms with Crippen molar-refractivity contribution >= 4 is 0 Å². The van der Waals surface area contributed by atoms with E-state index in [0.717, 1.165) is 54.6 Å². The van der Waals surface area contributed by atoms with Crippen molar-refractivity contribution in [1.82, 2.24) is 0 Å². The van der Waals surface area contributed by atoms with Gasteiger partial charge in [-0.05, 0) is 67.1 Å². The normalized spacial score (nSPS) is 57.9. The molecule has 0 radical (unpaired) electrons. The van der Waals surface area contributed by atoms with E-state index in [1.165, 1.54) is 12.8 Å². The van der Waals surface area contributed by atoms with Gasteiger partial charge in [0.25, 0.3) is 0 Å². The second-order valence-electron chi connectivity index (χ2n) is 8.27. The highest BCUT2D eigenvalue weighted by Crippen LogP contribution is 2.68. The van der Waals surface area contributed by atoms with Crippen molar-refractivity contribution < 1.29 is 4.74 Å². The standard InChI is InChI=1S/C17H24O/c1-17(8-18-9-17)7-13-5-12-6-14(13)16-11-3-2-10(4-11)15(12)16/h2-3,10-16H,4-9H2,1H3. The summed E-state index contributed by atoms with van der Waals surface area (Å²) in [5, 5.41) is 0. The topological polar surface area (TPSA) is 9.23 Å². The number of ether oxygens (including phenoxy) is 1. The fraction of sp³-hybridized carbons (Fsp3) is 0.882. The summed E-state index contributed by atoms with van der Waals surface area (Å²) in [7, 11) is 0. The third kappa shape index (κ3) is 1.18. The molecule has 0 amide bonds. The highest BCUT2D eigenvalue weighted by atomic mass is 16.5. The maximum atomic E-state index is 5.45. The molecule has 0 spiro atoms. The summed E-state index contributed by atoms with van der Waals surface area (Å²) >= 11 is 0. The number of hydrogen-bond acceptors (Lipinski definition) is 1. The van der Waals surface area contributed by atoms with Gasteiger partial charge in [-0.25, -0.2) is 0 Å². The van der Waals surface area contributed by atoms with Gasteiger partial charge in [0, 0.05) is 5.41 Å². The minimum atomic E-state index is 0.540. The van der Waals surface area contributed by atoms with E-state index in [9.17, 15) is 0 Å². The van der Waals surface area contributed by atoms with E-state index < -0.39 is 0 Å². The SMILES string of the molecule is CC1(CC2CC3CC2C2C4C=CC(C4)C32)COC1. The number of hydrogen-bond donors (Lipinski definition) is 0. The molecule has 5 aliphatic rings. The Hall–Kier alpha value is -0.300. The lowest BCUT2D eigenvalue weighted by atomic mass is 9.65. The predicted molar refractivity (Wildman–Crippen MR) is 71.0 cm³/mol. The molecule has 98 valence electrons. The van der Waals surface area contributed by atoms with Crippen LogP contribution in [0.25, 0.3) is 0 Å². The molecular formula is C17H24O. The fourth-order valence-corrected chi connectivity index (χ4v) is 6.59. The lowest BCUT2D eigenvalue weighted by Crippen LogP contribution is -2.43. The summed E-state index contributed by atoms with van der Waals surface area (Å²) < 4.78 is 5.45. The molecule has 1 aliphatic heterocycles. The predicted octanol–water partition coefficient (Wildman–Crippen LogP) is 3.51. The largest absolute Gasteiger partial charge is 0.380 e. The lowest BCUT2D eigenvalue weighted by molar-refractivity contribution is -0.118. The Morgan fingerprint density at radius 1 is 1.06 bits per heavy atom. The van der Waals surface area contributed by atoms with Gasteiger partial charge < -0.3 is 4.74 Å². The third-order valence-corrected chi connectivity index (χ3v) is 7.06. The Labute approximate surface area is 110 Å². The first-order chi connectivity index (χ1) is 8.73. The molecule has 5 rings (SSSR count). The zero-order valence-corrected chi connectivity index (χ0v) is 11.3. The van der Waals surface area contributed by atoms with Gasteiger partial charge in [0.05, 0.1) is 13.2 Å². The van der Waals surface area contributed by atoms with Gasteiger partial charge >= 0.3 is 0 Å². The van der Waals surface area contributed by atoms with Crippen molar-refractivity contribution in [2.75, 3.05) is 13.2 Å². The monoisotopic (exact) mass is 244 g/mol. The molecule has 0 aromatic rings. The van der Waals surface area contributed by atoms with Crippen molar-refractivity contribution in [3.05, 3.63) is 12.2 Å². The van der Waals surface area contributed by atoms with E-state index in [1.54, 1.807) is 12.8 Å². The van der Waals surface area contributed by atoms with Crippen molar-refractivity contribution in [3.63, 3.8) is 0 Å². The van der Waals surface area contributed by atoms with Crippen molar-refractivity contribution in [2.45, 2.75) is 32.6 Å². The average Bonchev–Trinajstić information content (AvgIpc) is 3.04. The van der Waals surface area contributed by atoms with Gasteiger partial charge in [0.15, 0.2) is 0 Å². The van der Waals surface area contributed by atoms with Crippen LogP contribution in [0.5, 0.6) is 0 Å². The molecular weight excluding hydrogens is 220 g/mol. The Kier molecular flexibility index (Phi) is 1.88. The third-order valence-electron chi connectivity index (χ3n) is 7.06. The average molecular weight is 244 g/mol. The van der Waals surface area contributed by atoms with Crippen molar-refractivity contribution in [3.8, 4) is 0 Å². The Morgan fingerprint density at radius 2 is 1.83 bits per heavy atom. The summed E-state index contributed by atoms with van der Waals surface area (Å²) in [5.74, 6) is 7.37. The van der Waals surface area contributed by atoms with Gasteiger partial charge in [-0.1, -0.05) is 19.1 Å². The van der Waals surface area contributed by atoms with Gasteiger partial charge in [0.1, 0.15) is 0 Å². The molecule has 1 heteroatoms. The maximum Gasteiger partial charge on any atom is 0.0542 e. The minimum Gasteiger partial charge on any atom is -0.380 e. The molecule has 7 unspecified atom stereocenters. The Bertz CT molecular complexity index is 408. The van der Waals surface area contributed by atoms with E-state index in [4.69, 9.17) is 4.74 Å². The molecule has 1 heterocycles. The van der Waals surface area contributed by atoms with Crippen LogP contribution in [-0.4, -0.2) is 13.2 Å². The van der Waals surface area contributed by atoms with E-state index in [-0.39, 0.29) is 0 Å². The lowest BCUT2D eigenvalue weighted by Gasteiger charge is -2.44. The molecule has 0 aromatic heterocycles. The van der Waals surface area contributed by atoms with E-state index in [0.29, 0.717) is 5.41 Å². The zero-order chi connectivity index (χ0) is 11.9. The van der Waals surface area contributed by atoms with Crippen LogP contribution in [0.2, 0.25) is 0 Å². The molecule has 18 heavy (non-hydrogen) atoms. The summed E-state index contributed by atoms with van der Waals surface area (Å²) in [6, 6.07) is 0. The van der Waals surface area contributed by atoms with Crippen LogP contribution in [0.1, 0.15) is 32.6 Å². The van der Waals surface area contributed by atoms with Crippen LogP contribution in [0.4, 0.5) is 0 Å². The van der Waals surface area contributed by atoms with E-state index >= 15 is 0 Å². The Balaban J connectivity index is 1.39. The molecule has 0 aromatic carbocycles. The first kappa shape index (κ1) is 10.5. The summed E-state index contributed by atoms with van der Waals surface area (Å²) in [6.07, 6.45) is 11.2.